The lowest BCUT2D eigenvalue weighted by atomic mass is 9.98. The number of aryl methyl sites for hydroxylation is 1. The molecule has 13 heavy (non-hydrogen) atoms. The van der Waals surface area contributed by atoms with E-state index in [1.54, 1.807) is 6.08 Å². The second-order valence-electron chi connectivity index (χ2n) is 3.23. The molecule has 0 aliphatic carbocycles. The standard InChI is InChI=1S/C12H14O/c1-9-5-4-6-12(11(9)3)10(2)7-8-13/h4-8H,1-3H3. The van der Waals surface area contributed by atoms with Crippen LogP contribution in [0.15, 0.2) is 24.3 Å². The number of hydrogen-bond acceptors (Lipinski definition) is 1. The minimum Gasteiger partial charge on any atom is -0.299 e. The van der Waals surface area contributed by atoms with Crippen LogP contribution < -0.4 is 0 Å². The van der Waals surface area contributed by atoms with Gasteiger partial charge in [-0.15, -0.1) is 0 Å². The topological polar surface area (TPSA) is 17.1 Å². The molecule has 0 aromatic heterocycles. The fourth-order valence-corrected chi connectivity index (χ4v) is 1.37. The van der Waals surface area contributed by atoms with Crippen molar-refractivity contribution in [2.75, 3.05) is 0 Å². The van der Waals surface area contributed by atoms with Crippen LogP contribution in [-0.2, 0) is 4.79 Å². The maximum atomic E-state index is 10.3. The maximum absolute atomic E-state index is 10.3. The Bertz CT molecular complexity index is 348. The molecule has 0 fully saturated rings. The monoisotopic (exact) mass is 174 g/mol. The third-order valence-corrected chi connectivity index (χ3v) is 2.35. The Morgan fingerprint density at radius 1 is 1.31 bits per heavy atom. The summed E-state index contributed by atoms with van der Waals surface area (Å²) in [6.07, 6.45) is 2.43. The molecule has 1 aromatic carbocycles. The average Bonchev–Trinajstić information content (AvgIpc) is 2.10. The van der Waals surface area contributed by atoms with Crippen molar-refractivity contribution in [2.24, 2.45) is 0 Å². The molecule has 1 heteroatoms. The van der Waals surface area contributed by atoms with E-state index in [0.717, 1.165) is 17.4 Å². The van der Waals surface area contributed by atoms with E-state index >= 15 is 0 Å². The fraction of sp³-hybridized carbons (Fsp3) is 0.250. The lowest BCUT2D eigenvalue weighted by Gasteiger charge is -2.07. The van der Waals surface area contributed by atoms with Crippen LogP contribution in [0.5, 0.6) is 0 Å². The maximum Gasteiger partial charge on any atom is 0.143 e. The molecule has 1 aromatic rings. The smallest absolute Gasteiger partial charge is 0.143 e. The molecular formula is C12H14O. The number of benzene rings is 1. The first-order valence-corrected chi connectivity index (χ1v) is 4.35. The molecule has 0 aliphatic heterocycles. The second-order valence-corrected chi connectivity index (χ2v) is 3.23. The van der Waals surface area contributed by atoms with Crippen molar-refractivity contribution in [3.63, 3.8) is 0 Å². The lowest BCUT2D eigenvalue weighted by Crippen LogP contribution is -1.89. The first-order valence-electron chi connectivity index (χ1n) is 4.35. The number of rotatable bonds is 2. The van der Waals surface area contributed by atoms with E-state index in [2.05, 4.69) is 19.9 Å². The van der Waals surface area contributed by atoms with Gasteiger partial charge in [0.1, 0.15) is 6.29 Å². The zero-order chi connectivity index (χ0) is 9.84. The van der Waals surface area contributed by atoms with Crippen molar-refractivity contribution >= 4 is 11.9 Å². The first kappa shape index (κ1) is 9.72. The van der Waals surface area contributed by atoms with Crippen molar-refractivity contribution in [1.29, 1.82) is 0 Å². The number of allylic oxidation sites excluding steroid dienone is 2. The molecule has 0 atom stereocenters. The van der Waals surface area contributed by atoms with Crippen LogP contribution in [-0.4, -0.2) is 6.29 Å². The Labute approximate surface area is 79.1 Å². The van der Waals surface area contributed by atoms with E-state index in [1.807, 2.05) is 19.1 Å². The molecule has 0 N–H and O–H groups in total. The third-order valence-electron chi connectivity index (χ3n) is 2.35. The summed E-state index contributed by atoms with van der Waals surface area (Å²) in [5, 5.41) is 0. The van der Waals surface area contributed by atoms with Gasteiger partial charge in [0.05, 0.1) is 0 Å². The molecule has 0 bridgehead atoms. The summed E-state index contributed by atoms with van der Waals surface area (Å²) in [4.78, 5) is 10.3. The Morgan fingerprint density at radius 2 is 2.00 bits per heavy atom. The molecule has 0 spiro atoms. The van der Waals surface area contributed by atoms with Gasteiger partial charge in [-0.05, 0) is 49.1 Å². The van der Waals surface area contributed by atoms with Crippen molar-refractivity contribution in [3.05, 3.63) is 41.0 Å². The van der Waals surface area contributed by atoms with Gasteiger partial charge in [0.25, 0.3) is 0 Å². The van der Waals surface area contributed by atoms with Crippen molar-refractivity contribution in [2.45, 2.75) is 20.8 Å². The summed E-state index contributed by atoms with van der Waals surface area (Å²) >= 11 is 0. The van der Waals surface area contributed by atoms with Gasteiger partial charge in [-0.3, -0.25) is 4.79 Å². The SMILES string of the molecule is CC(=CC=O)c1cccc(C)c1C. The van der Waals surface area contributed by atoms with E-state index in [1.165, 1.54) is 11.1 Å². The molecule has 68 valence electrons. The summed E-state index contributed by atoms with van der Waals surface area (Å²) in [6.45, 7) is 6.11. The predicted octanol–water partition coefficient (Wildman–Crippen LogP) is 2.91. The second kappa shape index (κ2) is 4.04. The average molecular weight is 174 g/mol. The third kappa shape index (κ3) is 2.05. The summed E-state index contributed by atoms with van der Waals surface area (Å²) in [5.74, 6) is 0. The Balaban J connectivity index is 3.22. The normalized spacial score (nSPS) is 11.5. The predicted molar refractivity (Wildman–Crippen MR) is 55.6 cm³/mol. The van der Waals surface area contributed by atoms with Crippen molar-refractivity contribution in [3.8, 4) is 0 Å². The molecule has 1 rings (SSSR count). The Hall–Kier alpha value is -1.37. The van der Waals surface area contributed by atoms with Gasteiger partial charge in [0.2, 0.25) is 0 Å². The van der Waals surface area contributed by atoms with E-state index in [-0.39, 0.29) is 0 Å². The summed E-state index contributed by atoms with van der Waals surface area (Å²) in [6, 6.07) is 6.13. The van der Waals surface area contributed by atoms with Crippen LogP contribution in [0, 0.1) is 13.8 Å². The van der Waals surface area contributed by atoms with Crippen molar-refractivity contribution < 1.29 is 4.79 Å². The van der Waals surface area contributed by atoms with Crippen molar-refractivity contribution in [1.82, 2.24) is 0 Å². The first-order chi connectivity index (χ1) is 6.16. The van der Waals surface area contributed by atoms with E-state index < -0.39 is 0 Å². The molecule has 1 nitrogen and oxygen atoms in total. The van der Waals surface area contributed by atoms with Gasteiger partial charge < -0.3 is 0 Å². The van der Waals surface area contributed by atoms with E-state index in [4.69, 9.17) is 0 Å². The minimum atomic E-state index is 0.830. The molecule has 0 heterocycles. The fourth-order valence-electron chi connectivity index (χ4n) is 1.37. The van der Waals surface area contributed by atoms with Gasteiger partial charge >= 0.3 is 0 Å². The molecule has 0 saturated carbocycles. The highest BCUT2D eigenvalue weighted by molar-refractivity contribution is 5.81. The zero-order valence-electron chi connectivity index (χ0n) is 8.29. The van der Waals surface area contributed by atoms with Crippen LogP contribution in [0.2, 0.25) is 0 Å². The lowest BCUT2D eigenvalue weighted by molar-refractivity contribution is -0.104. The number of aldehydes is 1. The highest BCUT2D eigenvalue weighted by atomic mass is 16.1. The van der Waals surface area contributed by atoms with E-state index in [9.17, 15) is 4.79 Å². The molecule has 0 radical (unpaired) electrons. The molecule has 0 aliphatic rings. The molecule has 0 unspecified atom stereocenters. The van der Waals surface area contributed by atoms with Gasteiger partial charge in [-0.25, -0.2) is 0 Å². The number of hydrogen-bond donors (Lipinski definition) is 0. The van der Waals surface area contributed by atoms with Crippen LogP contribution >= 0.6 is 0 Å². The number of carbonyl (C=O) groups excluding carboxylic acids is 1. The highest BCUT2D eigenvalue weighted by Gasteiger charge is 2.01. The molecule has 0 amide bonds. The summed E-state index contributed by atoms with van der Waals surface area (Å²) in [7, 11) is 0. The molecule has 0 saturated heterocycles. The Kier molecular flexibility index (Phi) is 3.02. The van der Waals surface area contributed by atoms with Crippen LogP contribution in [0.4, 0.5) is 0 Å². The minimum absolute atomic E-state index is 0.830. The van der Waals surface area contributed by atoms with E-state index in [0.29, 0.717) is 0 Å². The van der Waals surface area contributed by atoms with Gasteiger partial charge in [-0.2, -0.15) is 0 Å². The van der Waals surface area contributed by atoms with Gasteiger partial charge in [0, 0.05) is 0 Å². The quantitative estimate of drug-likeness (QED) is 0.497. The highest BCUT2D eigenvalue weighted by Crippen LogP contribution is 2.20. The summed E-state index contributed by atoms with van der Waals surface area (Å²) in [5.41, 5.74) is 4.69. The number of carbonyl (C=O) groups is 1. The van der Waals surface area contributed by atoms with Crippen LogP contribution in [0.3, 0.4) is 0 Å². The zero-order valence-corrected chi connectivity index (χ0v) is 8.29. The Morgan fingerprint density at radius 3 is 2.62 bits per heavy atom. The van der Waals surface area contributed by atoms with Crippen LogP contribution in [0.1, 0.15) is 23.6 Å². The molecular weight excluding hydrogens is 160 g/mol. The largest absolute Gasteiger partial charge is 0.299 e. The van der Waals surface area contributed by atoms with Gasteiger partial charge in [0.15, 0.2) is 0 Å². The van der Waals surface area contributed by atoms with Gasteiger partial charge in [-0.1, -0.05) is 18.2 Å². The summed E-state index contributed by atoms with van der Waals surface area (Å²) < 4.78 is 0. The van der Waals surface area contributed by atoms with Crippen LogP contribution in [0.25, 0.3) is 5.57 Å².